The average Bonchev–Trinajstić information content (AvgIpc) is 3.95. The standard InChI is InChI=1S/C55H35NO2/c1-3-14-36(15-4-1)37-16-13-17-38(32-37)55(49-23-10-7-20-43(49)44-21-8-11-24-50(44)55)39-26-29-46-48-31-28-42(35-54(48)58-52(46)33-39)56(40-18-5-2-6-19-40)41-27-30-47-45-22-9-12-25-51(45)57-53(47)34-41/h1-35H. The van der Waals surface area contributed by atoms with Crippen LogP contribution in [0.2, 0.25) is 0 Å². The van der Waals surface area contributed by atoms with Gasteiger partial charge in [-0.25, -0.2) is 0 Å². The molecule has 1 aliphatic rings. The van der Waals surface area contributed by atoms with E-state index in [4.69, 9.17) is 8.83 Å². The Labute approximate surface area is 335 Å². The number of fused-ring (bicyclic) bond motifs is 9. The molecule has 0 spiro atoms. The van der Waals surface area contributed by atoms with Crippen LogP contribution in [0.4, 0.5) is 17.1 Å². The summed E-state index contributed by atoms with van der Waals surface area (Å²) in [5.74, 6) is 0. The molecule has 0 saturated heterocycles. The fourth-order valence-corrected chi connectivity index (χ4v) is 9.60. The van der Waals surface area contributed by atoms with Gasteiger partial charge in [0.15, 0.2) is 0 Å². The molecule has 0 fully saturated rings. The molecule has 2 heterocycles. The number of rotatable bonds is 6. The third-order valence-corrected chi connectivity index (χ3v) is 12.1. The van der Waals surface area contributed by atoms with Crippen molar-refractivity contribution in [2.24, 2.45) is 0 Å². The second kappa shape index (κ2) is 12.7. The fraction of sp³-hybridized carbons (Fsp3) is 0.0182. The molecule has 0 amide bonds. The molecule has 11 aromatic rings. The van der Waals surface area contributed by atoms with Crippen molar-refractivity contribution in [3.8, 4) is 22.3 Å². The van der Waals surface area contributed by atoms with Crippen LogP contribution >= 0.6 is 0 Å². The second-order valence-electron chi connectivity index (χ2n) is 15.2. The minimum atomic E-state index is -0.560. The molecule has 0 aliphatic heterocycles. The molecule has 1 aliphatic carbocycles. The van der Waals surface area contributed by atoms with Crippen molar-refractivity contribution in [2.45, 2.75) is 5.41 Å². The van der Waals surface area contributed by atoms with E-state index in [0.29, 0.717) is 0 Å². The van der Waals surface area contributed by atoms with Crippen LogP contribution in [0.15, 0.2) is 221 Å². The Kier molecular flexibility index (Phi) is 7.14. The van der Waals surface area contributed by atoms with Gasteiger partial charge in [-0.3, -0.25) is 0 Å². The van der Waals surface area contributed by atoms with Gasteiger partial charge in [0.05, 0.1) is 5.41 Å². The maximum absolute atomic E-state index is 6.93. The van der Waals surface area contributed by atoms with Crippen LogP contribution in [0, 0.1) is 0 Å². The summed E-state index contributed by atoms with van der Waals surface area (Å²) in [6, 6.07) is 76.2. The molecule has 12 rings (SSSR count). The van der Waals surface area contributed by atoms with E-state index < -0.39 is 5.41 Å². The highest BCUT2D eigenvalue weighted by molar-refractivity contribution is 6.08. The van der Waals surface area contributed by atoms with E-state index in [0.717, 1.165) is 60.9 Å². The first-order valence-corrected chi connectivity index (χ1v) is 19.8. The van der Waals surface area contributed by atoms with Crippen molar-refractivity contribution in [3.05, 3.63) is 235 Å². The Morgan fingerprint density at radius 2 is 0.810 bits per heavy atom. The number of anilines is 3. The first-order valence-electron chi connectivity index (χ1n) is 19.8. The van der Waals surface area contributed by atoms with Crippen molar-refractivity contribution < 1.29 is 8.83 Å². The van der Waals surface area contributed by atoms with Gasteiger partial charge in [0.25, 0.3) is 0 Å². The summed E-state index contributed by atoms with van der Waals surface area (Å²) in [6.45, 7) is 0. The lowest BCUT2D eigenvalue weighted by Gasteiger charge is -2.34. The van der Waals surface area contributed by atoms with Crippen LogP contribution in [-0.4, -0.2) is 0 Å². The topological polar surface area (TPSA) is 29.5 Å². The normalized spacial score (nSPS) is 13.0. The van der Waals surface area contributed by atoms with E-state index in [-0.39, 0.29) is 0 Å². The van der Waals surface area contributed by atoms with Crippen LogP contribution in [0.5, 0.6) is 0 Å². The number of hydrogen-bond donors (Lipinski definition) is 0. The minimum Gasteiger partial charge on any atom is -0.456 e. The van der Waals surface area contributed by atoms with Crippen LogP contribution in [-0.2, 0) is 5.41 Å². The zero-order chi connectivity index (χ0) is 38.2. The van der Waals surface area contributed by atoms with E-state index >= 15 is 0 Å². The monoisotopic (exact) mass is 741 g/mol. The Balaban J connectivity index is 1.04. The number of hydrogen-bond acceptors (Lipinski definition) is 3. The molecule has 3 nitrogen and oxygen atoms in total. The van der Waals surface area contributed by atoms with Crippen molar-refractivity contribution in [2.75, 3.05) is 4.90 Å². The van der Waals surface area contributed by atoms with E-state index in [9.17, 15) is 0 Å². The van der Waals surface area contributed by atoms with E-state index in [1.54, 1.807) is 0 Å². The third kappa shape index (κ3) is 4.80. The minimum absolute atomic E-state index is 0.560. The maximum Gasteiger partial charge on any atom is 0.137 e. The number of furan rings is 2. The summed E-state index contributed by atoms with van der Waals surface area (Å²) in [4.78, 5) is 2.27. The van der Waals surface area contributed by atoms with Gasteiger partial charge in [0.1, 0.15) is 22.3 Å². The van der Waals surface area contributed by atoms with Gasteiger partial charge in [-0.15, -0.1) is 0 Å². The summed E-state index contributed by atoms with van der Waals surface area (Å²) in [7, 11) is 0. The van der Waals surface area contributed by atoms with Gasteiger partial charge < -0.3 is 13.7 Å². The molecular formula is C55H35NO2. The SMILES string of the molecule is c1ccc(-c2cccc(C3(c4ccc5c(c4)oc4cc(N(c6ccccc6)c6ccc7c(c6)oc6ccccc67)ccc45)c4ccccc4-c4ccccc43)c2)cc1. The molecular weight excluding hydrogens is 707 g/mol. The first kappa shape index (κ1) is 32.6. The number of para-hydroxylation sites is 2. The van der Waals surface area contributed by atoms with Crippen LogP contribution in [0.25, 0.3) is 66.1 Å². The van der Waals surface area contributed by atoms with Crippen molar-refractivity contribution in [1.82, 2.24) is 0 Å². The average molecular weight is 742 g/mol. The van der Waals surface area contributed by atoms with Crippen molar-refractivity contribution in [3.63, 3.8) is 0 Å². The highest BCUT2D eigenvalue weighted by Crippen LogP contribution is 2.57. The highest BCUT2D eigenvalue weighted by Gasteiger charge is 2.46. The number of nitrogens with zero attached hydrogens (tertiary/aromatic N) is 1. The predicted octanol–water partition coefficient (Wildman–Crippen LogP) is 15.0. The van der Waals surface area contributed by atoms with Gasteiger partial charge in [-0.05, 0) is 99.1 Å². The largest absolute Gasteiger partial charge is 0.456 e. The molecule has 0 bridgehead atoms. The lowest BCUT2D eigenvalue weighted by molar-refractivity contribution is 0.665. The molecule has 0 N–H and O–H groups in total. The zero-order valence-electron chi connectivity index (χ0n) is 31.5. The molecule has 2 aromatic heterocycles. The summed E-state index contributed by atoms with van der Waals surface area (Å²) in [6.07, 6.45) is 0. The van der Waals surface area contributed by atoms with Gasteiger partial charge in [0.2, 0.25) is 0 Å². The predicted molar refractivity (Wildman–Crippen MR) is 238 cm³/mol. The summed E-state index contributed by atoms with van der Waals surface area (Å²) < 4.78 is 13.3. The Bertz CT molecular complexity index is 3310. The smallest absolute Gasteiger partial charge is 0.137 e. The molecule has 0 unspecified atom stereocenters. The molecule has 272 valence electrons. The number of benzene rings is 9. The zero-order valence-corrected chi connectivity index (χ0v) is 31.5. The molecule has 0 radical (unpaired) electrons. The molecule has 9 aromatic carbocycles. The Morgan fingerprint density at radius 1 is 0.310 bits per heavy atom. The van der Waals surface area contributed by atoms with E-state index in [1.165, 1.54) is 44.5 Å². The lowest BCUT2D eigenvalue weighted by atomic mass is 9.67. The third-order valence-electron chi connectivity index (χ3n) is 12.1. The van der Waals surface area contributed by atoms with Crippen LogP contribution in [0.3, 0.4) is 0 Å². The molecule has 0 atom stereocenters. The Hall–Kier alpha value is -7.62. The van der Waals surface area contributed by atoms with Crippen LogP contribution < -0.4 is 4.90 Å². The Morgan fingerprint density at radius 3 is 1.50 bits per heavy atom. The van der Waals surface area contributed by atoms with E-state index in [2.05, 4.69) is 205 Å². The van der Waals surface area contributed by atoms with Gasteiger partial charge in [-0.1, -0.05) is 146 Å². The van der Waals surface area contributed by atoms with Crippen LogP contribution in [0.1, 0.15) is 22.3 Å². The van der Waals surface area contributed by atoms with Crippen molar-refractivity contribution >= 4 is 60.9 Å². The summed E-state index contributed by atoms with van der Waals surface area (Å²) >= 11 is 0. The van der Waals surface area contributed by atoms with Gasteiger partial charge in [-0.2, -0.15) is 0 Å². The first-order chi connectivity index (χ1) is 28.7. The summed E-state index contributed by atoms with van der Waals surface area (Å²) in [5, 5.41) is 4.40. The highest BCUT2D eigenvalue weighted by atomic mass is 16.3. The maximum atomic E-state index is 6.93. The lowest BCUT2D eigenvalue weighted by Crippen LogP contribution is -2.28. The van der Waals surface area contributed by atoms with E-state index in [1.807, 2.05) is 12.1 Å². The van der Waals surface area contributed by atoms with Gasteiger partial charge >= 0.3 is 0 Å². The quantitative estimate of drug-likeness (QED) is 0.170. The fourth-order valence-electron chi connectivity index (χ4n) is 9.60. The molecule has 0 saturated carbocycles. The second-order valence-corrected chi connectivity index (χ2v) is 15.2. The molecule has 58 heavy (non-hydrogen) atoms. The van der Waals surface area contributed by atoms with Crippen molar-refractivity contribution in [1.29, 1.82) is 0 Å². The van der Waals surface area contributed by atoms with Gasteiger partial charge in [0, 0.05) is 50.7 Å². The molecule has 3 heteroatoms. The summed E-state index contributed by atoms with van der Waals surface area (Å²) in [5.41, 5.74) is 15.8.